The van der Waals surface area contributed by atoms with Gasteiger partial charge in [0, 0.05) is 49.2 Å². The van der Waals surface area contributed by atoms with Crippen LogP contribution in [0, 0.1) is 5.92 Å². The maximum atomic E-state index is 13.7. The minimum absolute atomic E-state index is 0.000451. The Labute approximate surface area is 229 Å². The van der Waals surface area contributed by atoms with Gasteiger partial charge in [-0.1, -0.05) is 19.1 Å². The summed E-state index contributed by atoms with van der Waals surface area (Å²) in [6, 6.07) is 15.9. The van der Waals surface area contributed by atoms with Gasteiger partial charge in [0.15, 0.2) is 0 Å². The molecule has 9 heteroatoms. The molecule has 3 aromatic rings. The van der Waals surface area contributed by atoms with Crippen LogP contribution in [0.3, 0.4) is 0 Å². The number of hydrogen-bond acceptors (Lipinski definition) is 7. The quantitative estimate of drug-likeness (QED) is 0.433. The Morgan fingerprint density at radius 1 is 1.21 bits per heavy atom. The van der Waals surface area contributed by atoms with Crippen LogP contribution in [0.2, 0.25) is 0 Å². The normalized spacial score (nSPS) is 18.0. The molecule has 39 heavy (non-hydrogen) atoms. The van der Waals surface area contributed by atoms with Crippen molar-refractivity contribution in [1.82, 2.24) is 14.8 Å². The van der Waals surface area contributed by atoms with Crippen molar-refractivity contribution in [2.75, 3.05) is 39.2 Å². The Balaban J connectivity index is 1.58. The lowest BCUT2D eigenvalue weighted by molar-refractivity contribution is 0.0341. The number of aromatic nitrogens is 1. The van der Waals surface area contributed by atoms with Gasteiger partial charge in [0.2, 0.25) is 0 Å². The monoisotopic (exact) mass is 532 g/mol. The number of methoxy groups -OCH3 is 1. The van der Waals surface area contributed by atoms with Gasteiger partial charge in [-0.3, -0.25) is 19.5 Å². The summed E-state index contributed by atoms with van der Waals surface area (Å²) >= 11 is 0. The topological polar surface area (TPSA) is 104 Å². The zero-order valence-electron chi connectivity index (χ0n) is 22.8. The first-order valence-electron chi connectivity index (χ1n) is 13.0. The number of nitrogens with one attached hydrogen (secondary N) is 1. The maximum absolute atomic E-state index is 13.7. The van der Waals surface area contributed by atoms with Gasteiger partial charge >= 0.3 is 0 Å². The summed E-state index contributed by atoms with van der Waals surface area (Å²) in [4.78, 5) is 34.2. The highest BCUT2D eigenvalue weighted by Crippen LogP contribution is 2.31. The number of rotatable bonds is 9. The van der Waals surface area contributed by atoms with Crippen LogP contribution >= 0.6 is 0 Å². The molecule has 9 nitrogen and oxygen atoms in total. The number of likely N-dealkylation sites (N-methyl/N-ethyl adjacent to an activating group) is 1. The summed E-state index contributed by atoms with van der Waals surface area (Å²) in [6.45, 7) is 5.50. The van der Waals surface area contributed by atoms with E-state index >= 15 is 0 Å². The van der Waals surface area contributed by atoms with Gasteiger partial charge in [0.1, 0.15) is 17.6 Å². The highest BCUT2D eigenvalue weighted by atomic mass is 16.5. The van der Waals surface area contributed by atoms with Crippen molar-refractivity contribution in [3.8, 4) is 11.5 Å². The fraction of sp³-hybridized carbons (Fsp3) is 0.367. The number of ether oxygens (including phenoxy) is 2. The number of anilines is 1. The SMILES string of the molecule is COc1ccc(CN(C)C[C@@H]2Oc3ccc(NC(=O)c4ccncc4)cc3C(=O)N([C@@H](C)CO)C[C@H]2C)cc1. The third-order valence-corrected chi connectivity index (χ3v) is 6.97. The third kappa shape index (κ3) is 6.93. The van der Waals surface area contributed by atoms with E-state index in [1.165, 1.54) is 0 Å². The molecule has 1 aliphatic rings. The molecule has 2 heterocycles. The molecule has 2 amide bonds. The van der Waals surface area contributed by atoms with Crippen LogP contribution in [0.5, 0.6) is 11.5 Å². The van der Waals surface area contributed by atoms with Crippen molar-refractivity contribution in [3.63, 3.8) is 0 Å². The summed E-state index contributed by atoms with van der Waals surface area (Å²) in [7, 11) is 3.69. The molecule has 2 aromatic carbocycles. The highest BCUT2D eigenvalue weighted by Gasteiger charge is 2.33. The van der Waals surface area contributed by atoms with Crippen molar-refractivity contribution in [2.24, 2.45) is 5.92 Å². The molecule has 0 bridgehead atoms. The standard InChI is InChI=1S/C30H36N4O5/c1-20-16-34(21(2)19-35)30(37)26-15-24(32-29(36)23-11-13-31-14-12-23)7-10-27(26)39-28(20)18-33(3)17-22-5-8-25(38-4)9-6-22/h5-15,20-21,28,35H,16-19H2,1-4H3,(H,32,36)/t20-,21+,28+/m1/s1. The van der Waals surface area contributed by atoms with E-state index < -0.39 is 0 Å². The van der Waals surface area contributed by atoms with Gasteiger partial charge in [0.25, 0.3) is 11.8 Å². The number of carbonyl (C=O) groups is 2. The van der Waals surface area contributed by atoms with Gasteiger partial charge in [-0.05, 0) is 62.0 Å². The average Bonchev–Trinajstić information content (AvgIpc) is 2.95. The van der Waals surface area contributed by atoms with Gasteiger partial charge in [0.05, 0.1) is 25.3 Å². The molecule has 0 aliphatic carbocycles. The van der Waals surface area contributed by atoms with Crippen LogP contribution in [0.4, 0.5) is 5.69 Å². The lowest BCUT2D eigenvalue weighted by Gasteiger charge is -2.38. The minimum atomic E-state index is -0.376. The summed E-state index contributed by atoms with van der Waals surface area (Å²) in [5, 5.41) is 12.8. The van der Waals surface area contributed by atoms with E-state index in [9.17, 15) is 14.7 Å². The first kappa shape index (κ1) is 28.1. The van der Waals surface area contributed by atoms with E-state index in [2.05, 4.69) is 22.1 Å². The zero-order chi connectivity index (χ0) is 27.9. The Morgan fingerprint density at radius 2 is 1.92 bits per heavy atom. The summed E-state index contributed by atoms with van der Waals surface area (Å²) < 4.78 is 11.7. The Morgan fingerprint density at radius 3 is 2.59 bits per heavy atom. The number of amides is 2. The Hall–Kier alpha value is -3.95. The van der Waals surface area contributed by atoms with E-state index in [1.54, 1.807) is 54.7 Å². The maximum Gasteiger partial charge on any atom is 0.258 e. The lowest BCUT2D eigenvalue weighted by Crippen LogP contribution is -2.49. The second-order valence-corrected chi connectivity index (χ2v) is 10.1. The van der Waals surface area contributed by atoms with E-state index in [1.807, 2.05) is 38.2 Å². The average molecular weight is 533 g/mol. The zero-order valence-corrected chi connectivity index (χ0v) is 22.8. The van der Waals surface area contributed by atoms with Crippen LogP contribution in [0.25, 0.3) is 0 Å². The second kappa shape index (κ2) is 12.7. The van der Waals surface area contributed by atoms with Crippen LogP contribution in [0.1, 0.15) is 40.1 Å². The van der Waals surface area contributed by atoms with E-state index in [0.29, 0.717) is 35.7 Å². The summed E-state index contributed by atoms with van der Waals surface area (Å²) in [5.74, 6) is 0.716. The molecular weight excluding hydrogens is 496 g/mol. The molecule has 0 fully saturated rings. The molecule has 2 N–H and O–H groups in total. The molecule has 3 atom stereocenters. The van der Waals surface area contributed by atoms with Crippen LogP contribution in [-0.2, 0) is 6.54 Å². The molecule has 0 saturated heterocycles. The van der Waals surface area contributed by atoms with Crippen molar-refractivity contribution < 1.29 is 24.2 Å². The van der Waals surface area contributed by atoms with Crippen molar-refractivity contribution in [3.05, 3.63) is 83.7 Å². The Kier molecular flexibility index (Phi) is 9.16. The molecule has 206 valence electrons. The second-order valence-electron chi connectivity index (χ2n) is 10.1. The Bertz CT molecular complexity index is 1270. The highest BCUT2D eigenvalue weighted by molar-refractivity contribution is 6.05. The molecule has 0 unspecified atom stereocenters. The largest absolute Gasteiger partial charge is 0.497 e. The van der Waals surface area contributed by atoms with E-state index in [-0.39, 0.29) is 36.5 Å². The van der Waals surface area contributed by atoms with Crippen molar-refractivity contribution in [1.29, 1.82) is 0 Å². The fourth-order valence-electron chi connectivity index (χ4n) is 4.64. The van der Waals surface area contributed by atoms with Crippen LogP contribution in [-0.4, -0.2) is 77.7 Å². The molecule has 0 radical (unpaired) electrons. The minimum Gasteiger partial charge on any atom is -0.497 e. The number of carbonyl (C=O) groups excluding carboxylic acids is 2. The first-order valence-corrected chi connectivity index (χ1v) is 13.0. The van der Waals surface area contributed by atoms with E-state index in [4.69, 9.17) is 9.47 Å². The van der Waals surface area contributed by atoms with Gasteiger partial charge in [-0.15, -0.1) is 0 Å². The number of aliphatic hydroxyl groups is 1. The molecule has 1 aromatic heterocycles. The summed E-state index contributed by atoms with van der Waals surface area (Å²) in [5.41, 5.74) is 2.43. The molecule has 4 rings (SSSR count). The predicted octanol–water partition coefficient (Wildman–Crippen LogP) is 3.69. The van der Waals surface area contributed by atoms with Crippen molar-refractivity contribution in [2.45, 2.75) is 32.5 Å². The van der Waals surface area contributed by atoms with Gasteiger partial charge in [-0.2, -0.15) is 0 Å². The number of aliphatic hydroxyl groups excluding tert-OH is 1. The number of benzene rings is 2. The number of pyridine rings is 1. The van der Waals surface area contributed by atoms with Gasteiger partial charge < -0.3 is 24.8 Å². The molecule has 0 spiro atoms. The number of nitrogens with zero attached hydrogens (tertiary/aromatic N) is 3. The number of hydrogen-bond donors (Lipinski definition) is 2. The number of fused-ring (bicyclic) bond motifs is 1. The fourth-order valence-corrected chi connectivity index (χ4v) is 4.64. The summed E-state index contributed by atoms with van der Waals surface area (Å²) in [6.07, 6.45) is 2.88. The smallest absolute Gasteiger partial charge is 0.258 e. The predicted molar refractivity (Wildman–Crippen MR) is 149 cm³/mol. The molecular formula is C30H36N4O5. The molecule has 0 saturated carbocycles. The first-order chi connectivity index (χ1) is 18.8. The van der Waals surface area contributed by atoms with E-state index in [0.717, 1.165) is 17.9 Å². The third-order valence-electron chi connectivity index (χ3n) is 6.97. The van der Waals surface area contributed by atoms with Crippen LogP contribution < -0.4 is 14.8 Å². The van der Waals surface area contributed by atoms with Crippen LogP contribution in [0.15, 0.2) is 67.0 Å². The lowest BCUT2D eigenvalue weighted by atomic mass is 9.99. The van der Waals surface area contributed by atoms with Crippen molar-refractivity contribution >= 4 is 17.5 Å². The van der Waals surface area contributed by atoms with Gasteiger partial charge in [-0.25, -0.2) is 0 Å². The molecule has 1 aliphatic heterocycles.